The van der Waals surface area contributed by atoms with Gasteiger partial charge in [-0.05, 0) is 0 Å². The molecule has 0 bridgehead atoms. The molecule has 0 saturated heterocycles. The van der Waals surface area contributed by atoms with Crippen LogP contribution in [-0.4, -0.2) is 21.9 Å². The molecule has 4 nitrogen and oxygen atoms in total. The molecule has 0 aromatic carbocycles. The predicted octanol–water partition coefficient (Wildman–Crippen LogP) is -6.29. The van der Waals surface area contributed by atoms with Gasteiger partial charge in [0.2, 0.25) is 0 Å². The van der Waals surface area contributed by atoms with Crippen molar-refractivity contribution in [2.24, 2.45) is 0 Å². The molecule has 0 amide bonds. The Labute approximate surface area is 46.4 Å². The molecule has 0 atom stereocenters. The zero-order valence-corrected chi connectivity index (χ0v) is 4.54. The highest BCUT2D eigenvalue weighted by atomic mass is 127. The van der Waals surface area contributed by atoms with Gasteiger partial charge in [0.15, 0.2) is 0 Å². The lowest BCUT2D eigenvalue weighted by atomic mass is 16.0. The van der Waals surface area contributed by atoms with Crippen LogP contribution in [0.5, 0.6) is 0 Å². The Kier molecular flexibility index (Phi) is 12800. The van der Waals surface area contributed by atoms with Gasteiger partial charge in [-0.25, -0.2) is 0 Å². The first kappa shape index (κ1) is 358. The second-order valence-electron chi connectivity index (χ2n) is 0. The first-order valence-corrected chi connectivity index (χ1v) is 0. The molecule has 5 heavy (non-hydrogen) atoms. The summed E-state index contributed by atoms with van der Waals surface area (Å²) < 4.78 is 0. The van der Waals surface area contributed by atoms with Gasteiger partial charge in [-0.1, -0.05) is 0 Å². The number of hydrogen-bond donors (Lipinski definition) is 0. The maximum Gasteiger partial charge on any atom is -0.412 e. The second-order valence-corrected chi connectivity index (χ2v) is 0. The predicted molar refractivity (Wildman–Crippen MR) is 14.5 cm³/mol. The molecule has 0 saturated carbocycles. The minimum Gasteiger partial charge on any atom is -1.00 e. The lowest BCUT2D eigenvalue weighted by molar-refractivity contribution is -0.00000484. The van der Waals surface area contributed by atoms with E-state index in [9.17, 15) is 0 Å². The zero-order valence-electron chi connectivity index (χ0n) is 2.38. The molecular weight excluding hydrogens is 191 g/mol. The summed E-state index contributed by atoms with van der Waals surface area (Å²) in [4.78, 5) is 0. The van der Waals surface area contributed by atoms with E-state index in [1.54, 1.807) is 0 Å². The van der Waals surface area contributed by atoms with E-state index in [0.29, 0.717) is 0 Å². The van der Waals surface area contributed by atoms with Crippen molar-refractivity contribution in [3.63, 3.8) is 0 Å². The zero-order chi connectivity index (χ0) is 0. The summed E-state index contributed by atoms with van der Waals surface area (Å²) in [5.74, 6) is 0. The van der Waals surface area contributed by atoms with Gasteiger partial charge in [-0.3, -0.25) is 0 Å². The van der Waals surface area contributed by atoms with Crippen molar-refractivity contribution >= 4 is 0 Å². The van der Waals surface area contributed by atoms with Crippen LogP contribution in [0.4, 0.5) is 0 Å². The van der Waals surface area contributed by atoms with Gasteiger partial charge < -0.3 is 45.9 Å². The van der Waals surface area contributed by atoms with Crippen molar-refractivity contribution in [3.8, 4) is 0 Å². The standard InChI is InChI=1S/HI.4H2O/h1H;4*1H2/p-1. The van der Waals surface area contributed by atoms with E-state index in [0.717, 1.165) is 0 Å². The monoisotopic (exact) mass is 199 g/mol. The van der Waals surface area contributed by atoms with Crippen molar-refractivity contribution in [2.45, 2.75) is 0 Å². The molecule has 0 aliphatic rings. The Morgan fingerprint density at radius 2 is 0.400 bits per heavy atom. The maximum atomic E-state index is 0. The minimum atomic E-state index is 0. The molecule has 5 heteroatoms. The van der Waals surface area contributed by atoms with Crippen molar-refractivity contribution in [2.75, 3.05) is 0 Å². The number of halogens is 1. The van der Waals surface area contributed by atoms with E-state index in [-0.39, 0.29) is 45.9 Å². The quantitative estimate of drug-likeness (QED) is 0.344. The lowest BCUT2D eigenvalue weighted by Gasteiger charge is -1.00. The highest BCUT2D eigenvalue weighted by molar-refractivity contribution is 0.827. The van der Waals surface area contributed by atoms with Crippen molar-refractivity contribution in [1.82, 2.24) is 0 Å². The first-order chi connectivity index (χ1) is 0. The highest BCUT2D eigenvalue weighted by Crippen LogP contribution is -0.286. The van der Waals surface area contributed by atoms with E-state index >= 15 is 0 Å². The summed E-state index contributed by atoms with van der Waals surface area (Å²) in [6, 6.07) is 0. The number of hydrogen-bond acceptors (Lipinski definition) is 0. The van der Waals surface area contributed by atoms with Crippen LogP contribution in [-0.2, 0) is 0 Å². The van der Waals surface area contributed by atoms with Gasteiger partial charge in [0.05, 0.1) is 0 Å². The Morgan fingerprint density at radius 1 is 0.400 bits per heavy atom. The fourth-order valence-electron chi connectivity index (χ4n) is 0. The van der Waals surface area contributed by atoms with Crippen LogP contribution in [0, 0.1) is 0 Å². The van der Waals surface area contributed by atoms with Gasteiger partial charge in [-0.2, -0.15) is 0 Å². The Balaban J connectivity index is 0. The third-order valence-corrected chi connectivity index (χ3v) is 0. The summed E-state index contributed by atoms with van der Waals surface area (Å²) in [6.07, 6.45) is 0. The summed E-state index contributed by atoms with van der Waals surface area (Å²) in [6.45, 7) is 0. The van der Waals surface area contributed by atoms with Gasteiger partial charge in [-0.15, -0.1) is 0 Å². The van der Waals surface area contributed by atoms with Crippen LogP contribution in [0.1, 0.15) is 0 Å². The van der Waals surface area contributed by atoms with Gasteiger partial charge in [0.25, 0.3) is 0 Å². The van der Waals surface area contributed by atoms with Gasteiger partial charge >= 0.3 is 0 Å². The Bertz CT molecular complexity index is 3.61. The lowest BCUT2D eigenvalue weighted by Crippen LogP contribution is -3.00. The molecular formula is H8IO4-. The van der Waals surface area contributed by atoms with Crippen molar-refractivity contribution in [3.05, 3.63) is 0 Å². The fraction of sp³-hybridized carbons (Fsp3) is 0. The van der Waals surface area contributed by atoms with Crippen LogP contribution < -0.4 is 24.0 Å². The van der Waals surface area contributed by atoms with Gasteiger partial charge in [0, 0.05) is 0 Å². The van der Waals surface area contributed by atoms with Crippen LogP contribution in [0.3, 0.4) is 0 Å². The summed E-state index contributed by atoms with van der Waals surface area (Å²) in [5, 5.41) is 0. The SMILES string of the molecule is O.O.O.O.[I-]. The third kappa shape index (κ3) is 92.9. The fourth-order valence-corrected chi connectivity index (χ4v) is 0. The molecule has 0 unspecified atom stereocenters. The van der Waals surface area contributed by atoms with E-state index in [1.165, 1.54) is 0 Å². The first-order valence-electron chi connectivity index (χ1n) is 0. The molecule has 0 rings (SSSR count). The largest absolute Gasteiger partial charge is 1.00 e. The molecule has 0 aliphatic heterocycles. The summed E-state index contributed by atoms with van der Waals surface area (Å²) in [5.41, 5.74) is 0. The Morgan fingerprint density at radius 3 is 0.400 bits per heavy atom. The molecule has 0 aromatic rings. The van der Waals surface area contributed by atoms with E-state index in [1.807, 2.05) is 0 Å². The molecule has 8 N–H and O–H groups in total. The topological polar surface area (TPSA) is 126 Å². The normalized spacial score (nSPS) is 0. The second kappa shape index (κ2) is 179. The van der Waals surface area contributed by atoms with Crippen molar-refractivity contribution in [1.29, 1.82) is 0 Å². The highest BCUT2D eigenvalue weighted by Gasteiger charge is -0.409. The van der Waals surface area contributed by atoms with Crippen LogP contribution >= 0.6 is 0 Å². The van der Waals surface area contributed by atoms with E-state index in [2.05, 4.69) is 0 Å². The summed E-state index contributed by atoms with van der Waals surface area (Å²) >= 11 is 0. The maximum absolute atomic E-state index is 0. The average molecular weight is 199 g/mol. The van der Waals surface area contributed by atoms with Gasteiger partial charge in [0.1, 0.15) is 0 Å². The Hall–Kier alpha value is 0.570. The van der Waals surface area contributed by atoms with Crippen LogP contribution in [0.15, 0.2) is 0 Å². The molecule has 40 valence electrons. The molecule has 0 aromatic heterocycles. The molecule has 0 heterocycles. The molecule has 0 spiro atoms. The summed E-state index contributed by atoms with van der Waals surface area (Å²) in [7, 11) is 0. The van der Waals surface area contributed by atoms with Crippen LogP contribution in [0.25, 0.3) is 0 Å². The number of rotatable bonds is 0. The molecule has 0 aliphatic carbocycles. The third-order valence-electron chi connectivity index (χ3n) is 0. The smallest absolute Gasteiger partial charge is 0.412 e. The molecule has 0 fully saturated rings. The van der Waals surface area contributed by atoms with E-state index < -0.39 is 0 Å². The van der Waals surface area contributed by atoms with Crippen LogP contribution in [0.2, 0.25) is 0 Å². The van der Waals surface area contributed by atoms with E-state index in [4.69, 9.17) is 0 Å². The average Bonchev–Trinajstić information content (AvgIpc) is 0. The molecule has 0 radical (unpaired) electrons. The van der Waals surface area contributed by atoms with Crippen molar-refractivity contribution < 1.29 is 45.9 Å². The minimum absolute atomic E-state index is 0.